The molecule has 3 aliphatic rings. The largest absolute Gasteiger partial charge is 0.274 e. The highest BCUT2D eigenvalue weighted by Crippen LogP contribution is 2.56. The molecule has 2 bridgehead atoms. The summed E-state index contributed by atoms with van der Waals surface area (Å²) in [5.41, 5.74) is 0.766. The molecule has 0 spiro atoms. The quantitative estimate of drug-likeness (QED) is 0.755. The summed E-state index contributed by atoms with van der Waals surface area (Å²) in [5, 5.41) is 2.06. The topological polar surface area (TPSA) is 37.4 Å². The van der Waals surface area contributed by atoms with Crippen LogP contribution >= 0.6 is 0 Å². The lowest BCUT2D eigenvalue weighted by molar-refractivity contribution is -0.123. The highest BCUT2D eigenvalue weighted by molar-refractivity contribution is 6.25. The standard InChI is InChI=1S/C19H17NO2/c21-18-16-12-8-9-13(10-12)17(16)19(22)20(18)15-7-3-5-11-4-1-2-6-14(11)15/h1-7,12-13,16-17H,8-10H2/t12-,13-,16-,17+/m1/s1. The van der Waals surface area contributed by atoms with E-state index in [0.717, 1.165) is 35.7 Å². The number of imide groups is 1. The van der Waals surface area contributed by atoms with Gasteiger partial charge in [-0.15, -0.1) is 0 Å². The second-order valence-corrected chi connectivity index (χ2v) is 6.89. The molecule has 0 aromatic heterocycles. The van der Waals surface area contributed by atoms with Gasteiger partial charge in [-0.25, -0.2) is 4.90 Å². The Kier molecular flexibility index (Phi) is 2.36. The van der Waals surface area contributed by atoms with Crippen molar-refractivity contribution in [2.45, 2.75) is 19.3 Å². The number of benzene rings is 2. The summed E-state index contributed by atoms with van der Waals surface area (Å²) in [5.74, 6) is 0.852. The molecule has 3 nitrogen and oxygen atoms in total. The van der Waals surface area contributed by atoms with E-state index in [1.807, 2.05) is 42.5 Å². The molecule has 4 atom stereocenters. The Morgan fingerprint density at radius 1 is 0.818 bits per heavy atom. The lowest BCUT2D eigenvalue weighted by Gasteiger charge is -2.19. The molecular formula is C19H17NO2. The first-order chi connectivity index (χ1) is 10.8. The van der Waals surface area contributed by atoms with Gasteiger partial charge in [-0.3, -0.25) is 9.59 Å². The van der Waals surface area contributed by atoms with E-state index < -0.39 is 0 Å². The van der Waals surface area contributed by atoms with E-state index in [-0.39, 0.29) is 23.7 Å². The van der Waals surface area contributed by atoms with E-state index in [1.165, 1.54) is 4.90 Å². The molecule has 110 valence electrons. The third-order valence-electron chi connectivity index (χ3n) is 5.93. The van der Waals surface area contributed by atoms with Crippen LogP contribution in [0, 0.1) is 23.7 Å². The Hall–Kier alpha value is -2.16. The van der Waals surface area contributed by atoms with Crippen LogP contribution < -0.4 is 4.90 Å². The lowest BCUT2D eigenvalue weighted by atomic mass is 9.81. The number of nitrogens with zero attached hydrogens (tertiary/aromatic N) is 1. The van der Waals surface area contributed by atoms with Crippen molar-refractivity contribution in [2.75, 3.05) is 4.90 Å². The van der Waals surface area contributed by atoms with Gasteiger partial charge < -0.3 is 0 Å². The summed E-state index contributed by atoms with van der Waals surface area (Å²) in [7, 11) is 0. The van der Waals surface area contributed by atoms with Crippen molar-refractivity contribution in [3.05, 3.63) is 42.5 Å². The molecule has 0 unspecified atom stereocenters. The molecule has 2 aromatic carbocycles. The summed E-state index contributed by atoms with van der Waals surface area (Å²) in [4.78, 5) is 27.4. The third kappa shape index (κ3) is 1.41. The van der Waals surface area contributed by atoms with Crippen molar-refractivity contribution >= 4 is 28.3 Å². The number of carbonyl (C=O) groups is 2. The van der Waals surface area contributed by atoms with Gasteiger partial charge in [0.1, 0.15) is 0 Å². The molecule has 0 radical (unpaired) electrons. The van der Waals surface area contributed by atoms with Gasteiger partial charge in [0.15, 0.2) is 0 Å². The maximum absolute atomic E-state index is 12.9. The summed E-state index contributed by atoms with van der Waals surface area (Å²) in [6, 6.07) is 13.8. The zero-order valence-electron chi connectivity index (χ0n) is 12.2. The smallest absolute Gasteiger partial charge is 0.237 e. The van der Waals surface area contributed by atoms with E-state index in [9.17, 15) is 9.59 Å². The molecule has 2 aliphatic carbocycles. The van der Waals surface area contributed by atoms with Crippen molar-refractivity contribution in [3.8, 4) is 0 Å². The van der Waals surface area contributed by atoms with E-state index in [2.05, 4.69) is 0 Å². The highest BCUT2D eigenvalue weighted by Gasteiger charge is 2.61. The molecule has 22 heavy (non-hydrogen) atoms. The molecule has 2 amide bonds. The minimum Gasteiger partial charge on any atom is -0.274 e. The minimum atomic E-state index is -0.0507. The molecule has 2 aromatic rings. The van der Waals surface area contributed by atoms with Crippen LogP contribution in [0.5, 0.6) is 0 Å². The molecule has 0 N–H and O–H groups in total. The third-order valence-corrected chi connectivity index (χ3v) is 5.93. The lowest BCUT2D eigenvalue weighted by Crippen LogP contribution is -2.32. The van der Waals surface area contributed by atoms with E-state index in [1.54, 1.807) is 0 Å². The van der Waals surface area contributed by atoms with Crippen LogP contribution in [0.4, 0.5) is 5.69 Å². The van der Waals surface area contributed by atoms with Gasteiger partial charge in [0.2, 0.25) is 11.8 Å². The van der Waals surface area contributed by atoms with Gasteiger partial charge in [0.25, 0.3) is 0 Å². The van der Waals surface area contributed by atoms with Gasteiger partial charge in [0, 0.05) is 5.39 Å². The highest BCUT2D eigenvalue weighted by atomic mass is 16.2. The SMILES string of the molecule is O=C1[C@@H]2[C@@H]3CC[C@H](C3)[C@@H]2C(=O)N1c1cccc2ccccc12. The van der Waals surface area contributed by atoms with Crippen LogP contribution in [-0.4, -0.2) is 11.8 Å². The average Bonchev–Trinajstić information content (AvgIpc) is 3.21. The number of hydrogen-bond donors (Lipinski definition) is 0. The number of rotatable bonds is 1. The fraction of sp³-hybridized carbons (Fsp3) is 0.368. The fourth-order valence-electron chi connectivity index (χ4n) is 5.05. The predicted molar refractivity (Wildman–Crippen MR) is 84.3 cm³/mol. The Labute approximate surface area is 128 Å². The zero-order chi connectivity index (χ0) is 14.8. The predicted octanol–water partition coefficient (Wildman–Crippen LogP) is 3.38. The van der Waals surface area contributed by atoms with Crippen LogP contribution in [0.25, 0.3) is 10.8 Å². The van der Waals surface area contributed by atoms with Crippen molar-refractivity contribution in [3.63, 3.8) is 0 Å². The molecule has 5 rings (SSSR count). The second kappa shape index (κ2) is 4.19. The Morgan fingerprint density at radius 3 is 2.18 bits per heavy atom. The Balaban J connectivity index is 1.66. The molecule has 3 fully saturated rings. The van der Waals surface area contributed by atoms with Crippen molar-refractivity contribution in [1.82, 2.24) is 0 Å². The minimum absolute atomic E-state index is 0.0403. The Bertz CT molecular complexity index is 779. The summed E-state index contributed by atoms with van der Waals surface area (Å²) >= 11 is 0. The summed E-state index contributed by atoms with van der Waals surface area (Å²) < 4.78 is 0. The molecule has 1 aliphatic heterocycles. The first-order valence-corrected chi connectivity index (χ1v) is 8.11. The molecule has 1 heterocycles. The monoisotopic (exact) mass is 291 g/mol. The van der Waals surface area contributed by atoms with E-state index >= 15 is 0 Å². The zero-order valence-corrected chi connectivity index (χ0v) is 12.2. The number of hydrogen-bond acceptors (Lipinski definition) is 2. The fourth-order valence-corrected chi connectivity index (χ4v) is 5.05. The first kappa shape index (κ1) is 12.4. The van der Waals surface area contributed by atoms with Crippen LogP contribution in [-0.2, 0) is 9.59 Å². The maximum atomic E-state index is 12.9. The van der Waals surface area contributed by atoms with Crippen LogP contribution in [0.15, 0.2) is 42.5 Å². The number of carbonyl (C=O) groups excluding carboxylic acids is 2. The van der Waals surface area contributed by atoms with Gasteiger partial charge in [-0.1, -0.05) is 36.4 Å². The van der Waals surface area contributed by atoms with Crippen LogP contribution in [0.2, 0.25) is 0 Å². The molecular weight excluding hydrogens is 274 g/mol. The van der Waals surface area contributed by atoms with Crippen molar-refractivity contribution in [2.24, 2.45) is 23.7 Å². The first-order valence-electron chi connectivity index (χ1n) is 8.11. The normalized spacial score (nSPS) is 33.0. The maximum Gasteiger partial charge on any atom is 0.237 e. The molecule has 1 saturated heterocycles. The van der Waals surface area contributed by atoms with Gasteiger partial charge in [0.05, 0.1) is 17.5 Å². The number of anilines is 1. The number of fused-ring (bicyclic) bond motifs is 6. The van der Waals surface area contributed by atoms with Crippen LogP contribution in [0.3, 0.4) is 0 Å². The van der Waals surface area contributed by atoms with Crippen molar-refractivity contribution < 1.29 is 9.59 Å². The van der Waals surface area contributed by atoms with Crippen molar-refractivity contribution in [1.29, 1.82) is 0 Å². The van der Waals surface area contributed by atoms with Crippen LogP contribution in [0.1, 0.15) is 19.3 Å². The molecule has 3 heteroatoms. The van der Waals surface area contributed by atoms with Gasteiger partial charge in [-0.05, 0) is 42.6 Å². The van der Waals surface area contributed by atoms with Gasteiger partial charge >= 0.3 is 0 Å². The average molecular weight is 291 g/mol. The second-order valence-electron chi connectivity index (χ2n) is 6.89. The van der Waals surface area contributed by atoms with E-state index in [4.69, 9.17) is 0 Å². The van der Waals surface area contributed by atoms with Gasteiger partial charge in [-0.2, -0.15) is 0 Å². The van der Waals surface area contributed by atoms with E-state index in [0.29, 0.717) is 11.8 Å². The molecule has 2 saturated carbocycles. The summed E-state index contributed by atoms with van der Waals surface area (Å²) in [6.07, 6.45) is 3.32. The summed E-state index contributed by atoms with van der Waals surface area (Å²) in [6.45, 7) is 0. The Morgan fingerprint density at radius 2 is 1.45 bits per heavy atom. The number of amides is 2.